The van der Waals surface area contributed by atoms with E-state index in [9.17, 15) is 0 Å². The summed E-state index contributed by atoms with van der Waals surface area (Å²) >= 11 is 0. The first-order valence-corrected chi connectivity index (χ1v) is 21.9. The first-order valence-electron chi connectivity index (χ1n) is 20.2. The van der Waals surface area contributed by atoms with Crippen LogP contribution in [0.25, 0.3) is 55.0 Å². The van der Waals surface area contributed by atoms with E-state index in [-0.39, 0.29) is 0 Å². The average Bonchev–Trinajstić information content (AvgIpc) is 3.83. The van der Waals surface area contributed by atoms with Crippen LogP contribution >= 0.6 is 7.14 Å². The lowest BCUT2D eigenvalue weighted by atomic mass is 9.64. The molecule has 278 valence electrons. The van der Waals surface area contributed by atoms with E-state index < -0.39 is 12.6 Å². The van der Waals surface area contributed by atoms with Gasteiger partial charge in [0.2, 0.25) is 0 Å². The van der Waals surface area contributed by atoms with E-state index in [4.69, 9.17) is 0 Å². The largest absolute Gasteiger partial charge is 0.309 e. The lowest BCUT2D eigenvalue weighted by molar-refractivity contribution is 0.590. The molecule has 0 radical (unpaired) electrons. The number of benzene rings is 9. The fourth-order valence-corrected chi connectivity index (χ4v) is 13.4. The molecule has 1 aliphatic rings. The Labute approximate surface area is 342 Å². The normalized spacial score (nSPS) is 14.1. The molecule has 11 aromatic rings. The third-order valence-corrected chi connectivity index (χ3v) is 15.9. The molecule has 0 atom stereocenters. The molecule has 9 aromatic carbocycles. The Bertz CT molecular complexity index is 3150. The van der Waals surface area contributed by atoms with Crippen molar-refractivity contribution in [3.63, 3.8) is 0 Å². The minimum Gasteiger partial charge on any atom is -0.309 e. The third-order valence-electron chi connectivity index (χ3n) is 12.7. The van der Waals surface area contributed by atoms with E-state index in [1.807, 2.05) is 42.5 Å². The van der Waals surface area contributed by atoms with Gasteiger partial charge in [-0.05, 0) is 70.8 Å². The molecular formula is C55H37N2OP. The number of rotatable bonds is 5. The summed E-state index contributed by atoms with van der Waals surface area (Å²) < 4.78 is 20.9. The van der Waals surface area contributed by atoms with Gasteiger partial charge >= 0.3 is 0 Å². The Hall–Kier alpha value is -7.19. The zero-order valence-electron chi connectivity index (χ0n) is 32.1. The second kappa shape index (κ2) is 12.9. The van der Waals surface area contributed by atoms with Crippen molar-refractivity contribution in [2.24, 2.45) is 0 Å². The van der Waals surface area contributed by atoms with Gasteiger partial charge in [-0.3, -0.25) is 0 Å². The van der Waals surface area contributed by atoms with Crippen LogP contribution < -0.4 is 15.9 Å². The van der Waals surface area contributed by atoms with Crippen LogP contribution in [0.4, 0.5) is 0 Å². The van der Waals surface area contributed by atoms with E-state index >= 15 is 4.57 Å². The maximum Gasteiger partial charge on any atom is 0.171 e. The molecule has 0 amide bonds. The number of para-hydroxylation sites is 4. The minimum absolute atomic E-state index is 0.783. The summed E-state index contributed by atoms with van der Waals surface area (Å²) in [5.74, 6) is 0. The second-order valence-corrected chi connectivity index (χ2v) is 18.3. The van der Waals surface area contributed by atoms with Crippen LogP contribution in [-0.2, 0) is 9.98 Å². The van der Waals surface area contributed by atoms with Gasteiger partial charge < -0.3 is 13.7 Å². The van der Waals surface area contributed by atoms with E-state index in [1.54, 1.807) is 0 Å². The SMILES string of the molecule is O=P1(c2ccccc2)c2ccccc2C(c2ccc(-n3c4ccccc4c4ccccc43)cc2)(c2ccc(-n3c4ccccc4c4ccccc43)cc2)c2ccccc21. The molecule has 59 heavy (non-hydrogen) atoms. The fourth-order valence-electron chi connectivity index (χ4n) is 10.2. The topological polar surface area (TPSA) is 26.9 Å². The highest BCUT2D eigenvalue weighted by Gasteiger charge is 2.51. The summed E-state index contributed by atoms with van der Waals surface area (Å²) in [6, 6.07) is 79.8. The molecule has 0 fully saturated rings. The molecule has 1 aliphatic heterocycles. The Balaban J connectivity index is 1.13. The van der Waals surface area contributed by atoms with Crippen LogP contribution in [-0.4, -0.2) is 9.13 Å². The van der Waals surface area contributed by atoms with Gasteiger partial charge in [0, 0.05) is 48.8 Å². The molecule has 0 saturated heterocycles. The Morgan fingerprint density at radius 3 is 1.03 bits per heavy atom. The quantitative estimate of drug-likeness (QED) is 0.160. The second-order valence-electron chi connectivity index (χ2n) is 15.6. The van der Waals surface area contributed by atoms with Gasteiger partial charge in [0.05, 0.1) is 27.5 Å². The van der Waals surface area contributed by atoms with Gasteiger partial charge in [-0.2, -0.15) is 0 Å². The van der Waals surface area contributed by atoms with Gasteiger partial charge in [-0.15, -0.1) is 0 Å². The Kier molecular flexibility index (Phi) is 7.42. The molecule has 3 heterocycles. The van der Waals surface area contributed by atoms with Crippen molar-refractivity contribution in [1.82, 2.24) is 9.13 Å². The first-order chi connectivity index (χ1) is 29.2. The molecule has 0 aliphatic carbocycles. The van der Waals surface area contributed by atoms with Gasteiger partial charge in [0.25, 0.3) is 0 Å². The molecule has 3 nitrogen and oxygen atoms in total. The summed E-state index contributed by atoms with van der Waals surface area (Å²) in [5.41, 5.74) is 10.4. The Morgan fingerprint density at radius 1 is 0.322 bits per heavy atom. The molecular weight excluding hydrogens is 736 g/mol. The number of aromatic nitrogens is 2. The van der Waals surface area contributed by atoms with Crippen LogP contribution in [0, 0.1) is 0 Å². The smallest absolute Gasteiger partial charge is 0.171 e. The first kappa shape index (κ1) is 33.9. The maximum atomic E-state index is 16.1. The Morgan fingerprint density at radius 2 is 0.644 bits per heavy atom. The molecule has 12 rings (SSSR count). The standard InChI is InChI=1S/C55H37N2OP/c58-59(42-16-2-1-3-17-42)53-28-14-8-22-47(53)55(48-23-9-15-29-54(48)59,38-30-34-40(35-31-38)56-49-24-10-4-18-43(49)44-19-5-11-25-50(44)56)39-32-36-41(37-33-39)57-51-26-12-6-20-45(51)46-21-7-13-27-52(46)57/h1-37H. The van der Waals surface area contributed by atoms with Crippen LogP contribution in [0.15, 0.2) is 224 Å². The molecule has 0 spiro atoms. The molecule has 2 aromatic heterocycles. The molecule has 0 N–H and O–H groups in total. The zero-order chi connectivity index (χ0) is 39.1. The van der Waals surface area contributed by atoms with Gasteiger partial charge in [0.15, 0.2) is 7.14 Å². The molecule has 0 saturated carbocycles. The minimum atomic E-state index is -3.28. The summed E-state index contributed by atoms with van der Waals surface area (Å²) in [6.07, 6.45) is 0. The summed E-state index contributed by atoms with van der Waals surface area (Å²) in [4.78, 5) is 0. The van der Waals surface area contributed by atoms with Crippen molar-refractivity contribution < 1.29 is 4.57 Å². The monoisotopic (exact) mass is 772 g/mol. The third kappa shape index (κ3) is 4.68. The summed E-state index contributed by atoms with van der Waals surface area (Å²) in [6.45, 7) is 0. The maximum absolute atomic E-state index is 16.1. The van der Waals surface area contributed by atoms with Crippen molar-refractivity contribution in [3.05, 3.63) is 247 Å². The molecule has 4 heteroatoms. The van der Waals surface area contributed by atoms with Crippen LogP contribution in [0.3, 0.4) is 0 Å². The summed E-state index contributed by atoms with van der Waals surface area (Å²) in [7, 11) is -3.28. The van der Waals surface area contributed by atoms with Crippen LogP contribution in [0.5, 0.6) is 0 Å². The van der Waals surface area contributed by atoms with Gasteiger partial charge in [-0.25, -0.2) is 0 Å². The van der Waals surface area contributed by atoms with E-state index in [0.29, 0.717) is 0 Å². The highest BCUT2D eigenvalue weighted by Crippen LogP contribution is 2.57. The van der Waals surface area contributed by atoms with Crippen molar-refractivity contribution in [3.8, 4) is 11.4 Å². The number of hydrogen-bond acceptors (Lipinski definition) is 1. The van der Waals surface area contributed by atoms with E-state index in [0.717, 1.165) is 49.5 Å². The number of hydrogen-bond donors (Lipinski definition) is 0. The average molecular weight is 773 g/mol. The van der Waals surface area contributed by atoms with Crippen molar-refractivity contribution in [1.29, 1.82) is 0 Å². The van der Waals surface area contributed by atoms with Crippen LogP contribution in [0.2, 0.25) is 0 Å². The number of nitrogens with zero attached hydrogens (tertiary/aromatic N) is 2. The zero-order valence-corrected chi connectivity index (χ0v) is 33.0. The van der Waals surface area contributed by atoms with Crippen LogP contribution in [0.1, 0.15) is 22.3 Å². The lowest BCUT2D eigenvalue weighted by Crippen LogP contribution is -2.46. The molecule has 0 bridgehead atoms. The number of fused-ring (bicyclic) bond motifs is 8. The van der Waals surface area contributed by atoms with Crippen molar-refractivity contribution in [2.45, 2.75) is 5.41 Å². The predicted molar refractivity (Wildman–Crippen MR) is 246 cm³/mol. The summed E-state index contributed by atoms with van der Waals surface area (Å²) in [5, 5.41) is 7.54. The fraction of sp³-hybridized carbons (Fsp3) is 0.0182. The van der Waals surface area contributed by atoms with Gasteiger partial charge in [0.1, 0.15) is 0 Å². The highest BCUT2D eigenvalue weighted by atomic mass is 31.2. The van der Waals surface area contributed by atoms with Crippen molar-refractivity contribution in [2.75, 3.05) is 0 Å². The van der Waals surface area contributed by atoms with Crippen molar-refractivity contribution >= 4 is 66.7 Å². The molecule has 0 unspecified atom stereocenters. The lowest BCUT2D eigenvalue weighted by Gasteiger charge is -2.45. The van der Waals surface area contributed by atoms with Gasteiger partial charge in [-0.1, -0.05) is 176 Å². The van der Waals surface area contributed by atoms with E-state index in [1.165, 1.54) is 43.6 Å². The van der Waals surface area contributed by atoms with E-state index in [2.05, 4.69) is 191 Å². The highest BCUT2D eigenvalue weighted by molar-refractivity contribution is 7.85. The predicted octanol–water partition coefficient (Wildman–Crippen LogP) is 12.2.